The smallest absolute Gasteiger partial charge is 0.313 e. The van der Waals surface area contributed by atoms with Gasteiger partial charge >= 0.3 is 5.97 Å². The molecule has 2 N–H and O–H groups in total. The fourth-order valence-corrected chi connectivity index (χ4v) is 8.09. The first kappa shape index (κ1) is 34.8. The van der Waals surface area contributed by atoms with Crippen LogP contribution in [0.5, 0.6) is 0 Å². The Morgan fingerprint density at radius 1 is 1.17 bits per heavy atom. The van der Waals surface area contributed by atoms with Crippen LogP contribution >= 0.6 is 27.5 Å². The average molecular weight is 729 g/mol. The molecular formula is C35H39BrClN3O7. The quantitative estimate of drug-likeness (QED) is 0.159. The standard InChI is InChI=1S/C35H39BrClN3O7/c1-3-5-12-27(42)38-21-26(22-10-7-6-8-11-22)46-34(45)28-29-32(43)40(18-9-19-41)31(35(29)20-25(36)30(28)47-35)33(44)39(17-4-2)24-15-13-23(37)14-16-24/h3-4,6-8,10-11,13-16,25-26,28-31,41H,1-2,5,9,12,17-21H2,(H,38,42)/t25?,26-,28-,29+,30-,31-,35+/m1/s1. The van der Waals surface area contributed by atoms with E-state index in [1.807, 2.05) is 18.2 Å². The Kier molecular flexibility index (Phi) is 11.2. The Morgan fingerprint density at radius 2 is 1.89 bits per heavy atom. The summed E-state index contributed by atoms with van der Waals surface area (Å²) in [5.41, 5.74) is -0.0787. The second kappa shape index (κ2) is 15.1. The van der Waals surface area contributed by atoms with Crippen molar-refractivity contribution in [2.75, 3.05) is 31.1 Å². The predicted octanol–water partition coefficient (Wildman–Crippen LogP) is 4.36. The molecule has 1 unspecified atom stereocenters. The molecule has 3 amide bonds. The number of esters is 1. The van der Waals surface area contributed by atoms with Gasteiger partial charge < -0.3 is 29.7 Å². The maximum absolute atomic E-state index is 14.6. The largest absolute Gasteiger partial charge is 0.455 e. The van der Waals surface area contributed by atoms with Crippen molar-refractivity contribution in [3.8, 4) is 0 Å². The van der Waals surface area contributed by atoms with Gasteiger partial charge in [-0.2, -0.15) is 0 Å². The number of hydrogen-bond donors (Lipinski definition) is 2. The van der Waals surface area contributed by atoms with Crippen molar-refractivity contribution < 1.29 is 33.8 Å². The number of carbonyl (C=O) groups excluding carboxylic acids is 4. The maximum atomic E-state index is 14.6. The topological polar surface area (TPSA) is 125 Å². The van der Waals surface area contributed by atoms with Crippen molar-refractivity contribution in [2.24, 2.45) is 11.8 Å². The van der Waals surface area contributed by atoms with Gasteiger partial charge in [0.05, 0.1) is 24.5 Å². The van der Waals surface area contributed by atoms with Gasteiger partial charge in [0, 0.05) is 41.7 Å². The highest BCUT2D eigenvalue weighted by atomic mass is 79.9. The van der Waals surface area contributed by atoms with Crippen molar-refractivity contribution in [1.29, 1.82) is 0 Å². The van der Waals surface area contributed by atoms with Crippen LogP contribution in [0.4, 0.5) is 5.69 Å². The molecule has 7 atom stereocenters. The number of anilines is 1. The van der Waals surface area contributed by atoms with Gasteiger partial charge in [-0.05, 0) is 49.1 Å². The van der Waals surface area contributed by atoms with Gasteiger partial charge in [-0.15, -0.1) is 13.2 Å². The van der Waals surface area contributed by atoms with Gasteiger partial charge in [-0.25, -0.2) is 0 Å². The first-order valence-corrected chi connectivity index (χ1v) is 17.0. The van der Waals surface area contributed by atoms with Crippen molar-refractivity contribution >= 4 is 56.9 Å². The lowest BCUT2D eigenvalue weighted by molar-refractivity contribution is -0.160. The number of carbonyl (C=O) groups is 4. The van der Waals surface area contributed by atoms with Crippen molar-refractivity contribution in [2.45, 2.75) is 54.4 Å². The zero-order chi connectivity index (χ0) is 33.7. The van der Waals surface area contributed by atoms with Gasteiger partial charge in [0.2, 0.25) is 11.8 Å². The summed E-state index contributed by atoms with van der Waals surface area (Å²) in [6.45, 7) is 7.57. The highest BCUT2D eigenvalue weighted by molar-refractivity contribution is 9.09. The molecule has 1 spiro atoms. The molecule has 2 aromatic carbocycles. The summed E-state index contributed by atoms with van der Waals surface area (Å²) >= 11 is 9.81. The molecule has 0 aliphatic carbocycles. The van der Waals surface area contributed by atoms with Gasteiger partial charge in [-0.3, -0.25) is 19.2 Å². The number of nitrogens with one attached hydrogen (secondary N) is 1. The van der Waals surface area contributed by atoms with E-state index in [2.05, 4.69) is 34.4 Å². The highest BCUT2D eigenvalue weighted by Gasteiger charge is 2.77. The Bertz CT molecular complexity index is 1490. The Morgan fingerprint density at radius 3 is 2.55 bits per heavy atom. The van der Waals surface area contributed by atoms with E-state index >= 15 is 0 Å². The second-order valence-electron chi connectivity index (χ2n) is 12.0. The zero-order valence-corrected chi connectivity index (χ0v) is 28.3. The number of aliphatic hydroxyl groups excluding tert-OH is 1. The van der Waals surface area contributed by atoms with Crippen LogP contribution in [0.1, 0.15) is 37.4 Å². The van der Waals surface area contributed by atoms with Crippen LogP contribution in [-0.4, -0.2) is 82.5 Å². The summed E-state index contributed by atoms with van der Waals surface area (Å²) in [6.07, 6.45) is 3.00. The first-order chi connectivity index (χ1) is 22.7. The fourth-order valence-electron chi connectivity index (χ4n) is 7.02. The molecule has 3 aliphatic rings. The van der Waals surface area contributed by atoms with E-state index in [4.69, 9.17) is 21.1 Å². The number of halogens is 2. The molecule has 2 aromatic rings. The number of amides is 3. The van der Waals surface area contributed by atoms with E-state index in [9.17, 15) is 24.3 Å². The third kappa shape index (κ3) is 6.90. The summed E-state index contributed by atoms with van der Waals surface area (Å²) in [4.78, 5) is 58.1. The number of hydrogen-bond acceptors (Lipinski definition) is 7. The number of rotatable bonds is 15. The number of alkyl halides is 1. The third-order valence-electron chi connectivity index (χ3n) is 9.06. The molecule has 0 radical (unpaired) electrons. The molecule has 3 fully saturated rings. The molecule has 0 aromatic heterocycles. The Balaban J connectivity index is 1.47. The Labute approximate surface area is 287 Å². The molecule has 0 saturated carbocycles. The average Bonchev–Trinajstić information content (AvgIpc) is 3.67. The van der Waals surface area contributed by atoms with Crippen LogP contribution in [0.3, 0.4) is 0 Å². The number of aliphatic hydroxyl groups is 1. The number of fused-ring (bicyclic) bond motifs is 1. The van der Waals surface area contributed by atoms with Crippen molar-refractivity contribution in [3.63, 3.8) is 0 Å². The van der Waals surface area contributed by atoms with Crippen molar-refractivity contribution in [1.82, 2.24) is 10.2 Å². The molecule has 10 nitrogen and oxygen atoms in total. The second-order valence-corrected chi connectivity index (χ2v) is 13.6. The minimum Gasteiger partial charge on any atom is -0.455 e. The summed E-state index contributed by atoms with van der Waals surface area (Å²) < 4.78 is 12.7. The zero-order valence-electron chi connectivity index (χ0n) is 25.9. The molecule has 250 valence electrons. The maximum Gasteiger partial charge on any atom is 0.313 e. The minimum atomic E-state index is -1.32. The molecule has 47 heavy (non-hydrogen) atoms. The van der Waals surface area contributed by atoms with E-state index in [0.29, 0.717) is 29.1 Å². The summed E-state index contributed by atoms with van der Waals surface area (Å²) in [7, 11) is 0. The predicted molar refractivity (Wildman–Crippen MR) is 181 cm³/mol. The highest BCUT2D eigenvalue weighted by Crippen LogP contribution is 2.60. The molecule has 12 heteroatoms. The van der Waals surface area contributed by atoms with E-state index in [1.165, 1.54) is 9.80 Å². The lowest BCUT2D eigenvalue weighted by Crippen LogP contribution is -2.57. The summed E-state index contributed by atoms with van der Waals surface area (Å²) in [6, 6.07) is 14.8. The molecule has 3 aliphatic heterocycles. The van der Waals surface area contributed by atoms with Gasteiger partial charge in [0.25, 0.3) is 5.91 Å². The molecular weight excluding hydrogens is 690 g/mol. The normalized spacial score (nSPS) is 26.4. The fraction of sp³-hybridized carbons (Fsp3) is 0.429. The lowest BCUT2D eigenvalue weighted by atomic mass is 9.70. The van der Waals surface area contributed by atoms with E-state index in [-0.39, 0.29) is 55.7 Å². The number of likely N-dealkylation sites (tertiary alicyclic amines) is 1. The number of allylic oxidation sites excluding steroid dienone is 1. The Hall–Kier alpha value is -3.51. The van der Waals surface area contributed by atoms with E-state index in [0.717, 1.165) is 0 Å². The van der Waals surface area contributed by atoms with Crippen LogP contribution in [0.15, 0.2) is 79.9 Å². The summed E-state index contributed by atoms with van der Waals surface area (Å²) in [5.74, 6) is -3.65. The lowest BCUT2D eigenvalue weighted by Gasteiger charge is -2.37. The summed E-state index contributed by atoms with van der Waals surface area (Å²) in [5, 5.41) is 13.0. The third-order valence-corrected chi connectivity index (χ3v) is 10.2. The van der Waals surface area contributed by atoms with Crippen LogP contribution in [0.25, 0.3) is 0 Å². The minimum absolute atomic E-state index is 0.0345. The molecule has 5 rings (SSSR count). The van der Waals surface area contributed by atoms with E-state index < -0.39 is 47.6 Å². The van der Waals surface area contributed by atoms with E-state index in [1.54, 1.807) is 48.6 Å². The molecule has 3 heterocycles. The van der Waals surface area contributed by atoms with Crippen LogP contribution < -0.4 is 10.2 Å². The van der Waals surface area contributed by atoms with Gasteiger partial charge in [0.15, 0.2) is 0 Å². The van der Waals surface area contributed by atoms with Gasteiger partial charge in [0.1, 0.15) is 17.7 Å². The SMILES string of the molecule is C=CCCC(=O)NC[C@@H](OC(=O)[C@H]1[C@@H]2O[C@@]3(CC2Br)[C@@H]1C(=O)N(CCCO)[C@@H]3C(=O)N(CC=C)c1ccc(Cl)cc1)c1ccccc1. The first-order valence-electron chi connectivity index (χ1n) is 15.7. The number of benzene rings is 2. The number of nitrogens with zero attached hydrogens (tertiary/aromatic N) is 2. The number of ether oxygens (including phenoxy) is 2. The van der Waals surface area contributed by atoms with Crippen molar-refractivity contribution in [3.05, 3.63) is 90.5 Å². The molecule has 3 saturated heterocycles. The van der Waals surface area contributed by atoms with Gasteiger partial charge in [-0.1, -0.05) is 70.0 Å². The van der Waals surface area contributed by atoms with Crippen LogP contribution in [0.2, 0.25) is 5.02 Å². The monoisotopic (exact) mass is 727 g/mol. The van der Waals surface area contributed by atoms with Crippen LogP contribution in [0, 0.1) is 11.8 Å². The molecule has 2 bridgehead atoms. The van der Waals surface area contributed by atoms with Crippen LogP contribution in [-0.2, 0) is 28.7 Å².